The fourth-order valence-corrected chi connectivity index (χ4v) is 6.09. The summed E-state index contributed by atoms with van der Waals surface area (Å²) in [7, 11) is -3.90. The van der Waals surface area contributed by atoms with Crippen molar-refractivity contribution in [3.05, 3.63) is 108 Å². The van der Waals surface area contributed by atoms with Crippen molar-refractivity contribution in [2.45, 2.75) is 31.8 Å². The van der Waals surface area contributed by atoms with Gasteiger partial charge in [0.05, 0.1) is 11.4 Å². The molecule has 0 aliphatic heterocycles. The number of anilines is 1. The van der Waals surface area contributed by atoms with Gasteiger partial charge in [-0.1, -0.05) is 66.2 Å². The summed E-state index contributed by atoms with van der Waals surface area (Å²) in [5.74, 6) is -0.398. The zero-order valence-electron chi connectivity index (χ0n) is 20.9. The average Bonchev–Trinajstić information content (AvgIpc) is 3.22. The summed E-state index contributed by atoms with van der Waals surface area (Å²) in [6.07, 6.45) is 0. The maximum Gasteiger partial charge on any atom is 0.243 e. The van der Waals surface area contributed by atoms with Crippen LogP contribution in [0.3, 0.4) is 0 Å². The Labute approximate surface area is 217 Å². The minimum absolute atomic E-state index is 0.0908. The summed E-state index contributed by atoms with van der Waals surface area (Å²) in [5, 5.41) is 5.08. The Balaban J connectivity index is 1.44. The van der Waals surface area contributed by atoms with Crippen molar-refractivity contribution in [1.29, 1.82) is 0 Å². The molecule has 5 rings (SSSR count). The van der Waals surface area contributed by atoms with E-state index in [1.165, 1.54) is 4.31 Å². The number of rotatable bonds is 8. The van der Waals surface area contributed by atoms with Crippen LogP contribution in [0.2, 0.25) is 0 Å². The number of carbonyl (C=O) groups excluding carboxylic acids is 1. The first kappa shape index (κ1) is 24.7. The van der Waals surface area contributed by atoms with Gasteiger partial charge in [-0.05, 0) is 55.8 Å². The lowest BCUT2D eigenvalue weighted by Crippen LogP contribution is -2.37. The molecule has 1 N–H and O–H groups in total. The number of sulfonamides is 1. The van der Waals surface area contributed by atoms with Crippen LogP contribution in [0, 0.1) is 6.92 Å². The van der Waals surface area contributed by atoms with E-state index in [-0.39, 0.29) is 18.0 Å². The van der Waals surface area contributed by atoms with E-state index in [0.717, 1.165) is 39.5 Å². The molecular weight excluding hydrogens is 482 g/mol. The zero-order valence-corrected chi connectivity index (χ0v) is 21.7. The van der Waals surface area contributed by atoms with Crippen LogP contribution in [-0.4, -0.2) is 29.7 Å². The third-order valence-electron chi connectivity index (χ3n) is 6.55. The minimum atomic E-state index is -3.90. The molecular formula is C30H29N3O3S. The van der Waals surface area contributed by atoms with Crippen molar-refractivity contribution in [3.8, 4) is 0 Å². The number of hydrogen-bond donors (Lipinski definition) is 1. The Morgan fingerprint density at radius 3 is 2.24 bits per heavy atom. The van der Waals surface area contributed by atoms with E-state index < -0.39 is 15.9 Å². The lowest BCUT2D eigenvalue weighted by molar-refractivity contribution is -0.116. The van der Waals surface area contributed by atoms with E-state index in [1.807, 2.05) is 67.6 Å². The van der Waals surface area contributed by atoms with Gasteiger partial charge in [0.1, 0.15) is 0 Å². The monoisotopic (exact) mass is 511 g/mol. The Morgan fingerprint density at radius 1 is 0.838 bits per heavy atom. The molecule has 0 bridgehead atoms. The van der Waals surface area contributed by atoms with E-state index in [9.17, 15) is 13.2 Å². The van der Waals surface area contributed by atoms with Crippen molar-refractivity contribution in [3.63, 3.8) is 0 Å². The fourth-order valence-electron chi connectivity index (χ4n) is 4.71. The fraction of sp³-hybridized carbons (Fsp3) is 0.167. The lowest BCUT2D eigenvalue weighted by atomic mass is 10.1. The molecule has 0 fully saturated rings. The van der Waals surface area contributed by atoms with Gasteiger partial charge in [-0.25, -0.2) is 8.42 Å². The van der Waals surface area contributed by atoms with Gasteiger partial charge in [0.25, 0.3) is 0 Å². The second kappa shape index (κ2) is 10.2. The number of fused-ring (bicyclic) bond motifs is 3. The normalized spacial score (nSPS) is 11.9. The number of amides is 1. The third-order valence-corrected chi connectivity index (χ3v) is 8.36. The van der Waals surface area contributed by atoms with Crippen molar-refractivity contribution >= 4 is 43.4 Å². The van der Waals surface area contributed by atoms with Crippen LogP contribution in [0.1, 0.15) is 18.1 Å². The van der Waals surface area contributed by atoms with Gasteiger partial charge in [0, 0.05) is 40.6 Å². The number of aromatic nitrogens is 1. The molecule has 188 valence electrons. The highest BCUT2D eigenvalue weighted by molar-refractivity contribution is 7.89. The summed E-state index contributed by atoms with van der Waals surface area (Å²) in [6, 6.07) is 30.0. The van der Waals surface area contributed by atoms with Crippen LogP contribution in [0.5, 0.6) is 0 Å². The Morgan fingerprint density at radius 2 is 1.51 bits per heavy atom. The number of nitrogens with one attached hydrogen (secondary N) is 1. The van der Waals surface area contributed by atoms with E-state index in [0.29, 0.717) is 5.69 Å². The molecule has 0 aliphatic rings. The van der Waals surface area contributed by atoms with Crippen molar-refractivity contribution in [1.82, 2.24) is 8.87 Å². The molecule has 6 nitrogen and oxygen atoms in total. The van der Waals surface area contributed by atoms with Gasteiger partial charge < -0.3 is 9.88 Å². The Hall–Kier alpha value is -3.94. The SMILES string of the molecule is CCn1c2ccccc2c2cc(NC(=O)CN(Cc3ccccc3)S(=O)(=O)c3ccc(C)cc3)ccc21. The van der Waals surface area contributed by atoms with Crippen molar-refractivity contribution < 1.29 is 13.2 Å². The molecule has 1 aromatic heterocycles. The van der Waals surface area contributed by atoms with E-state index in [4.69, 9.17) is 0 Å². The van der Waals surface area contributed by atoms with Gasteiger partial charge in [0.15, 0.2) is 0 Å². The highest BCUT2D eigenvalue weighted by Gasteiger charge is 2.27. The summed E-state index contributed by atoms with van der Waals surface area (Å²) >= 11 is 0. The van der Waals surface area contributed by atoms with Crippen molar-refractivity contribution in [2.24, 2.45) is 0 Å². The standard InChI is InChI=1S/C30H29N3O3S/c1-3-33-28-12-8-7-11-26(28)27-19-24(15-18-29(27)33)31-30(34)21-32(20-23-9-5-4-6-10-23)37(35,36)25-16-13-22(2)14-17-25/h4-19H,3,20-21H2,1-2H3,(H,31,34). The summed E-state index contributed by atoms with van der Waals surface area (Å²) < 4.78 is 30.5. The second-order valence-corrected chi connectivity index (χ2v) is 11.1. The first-order valence-electron chi connectivity index (χ1n) is 12.3. The Kier molecular flexibility index (Phi) is 6.82. The predicted molar refractivity (Wildman–Crippen MR) is 149 cm³/mol. The summed E-state index contributed by atoms with van der Waals surface area (Å²) in [4.78, 5) is 13.3. The number of nitrogens with zero attached hydrogens (tertiary/aromatic N) is 2. The Bertz CT molecular complexity index is 1670. The molecule has 0 radical (unpaired) electrons. The van der Waals surface area contributed by atoms with Gasteiger partial charge >= 0.3 is 0 Å². The minimum Gasteiger partial charge on any atom is -0.341 e. The predicted octanol–water partition coefficient (Wildman–Crippen LogP) is 5.95. The topological polar surface area (TPSA) is 71.4 Å². The van der Waals surface area contributed by atoms with Crippen LogP contribution >= 0.6 is 0 Å². The van der Waals surface area contributed by atoms with Crippen LogP contribution < -0.4 is 5.32 Å². The first-order chi connectivity index (χ1) is 17.9. The lowest BCUT2D eigenvalue weighted by Gasteiger charge is -2.22. The number of hydrogen-bond acceptors (Lipinski definition) is 3. The molecule has 0 saturated heterocycles. The molecule has 0 saturated carbocycles. The molecule has 0 atom stereocenters. The second-order valence-electron chi connectivity index (χ2n) is 9.11. The number of carbonyl (C=O) groups is 1. The maximum absolute atomic E-state index is 13.5. The molecule has 1 amide bonds. The molecule has 5 aromatic rings. The summed E-state index contributed by atoms with van der Waals surface area (Å²) in [6.45, 7) is 4.63. The van der Waals surface area contributed by atoms with Crippen LogP contribution in [0.15, 0.2) is 102 Å². The average molecular weight is 512 g/mol. The smallest absolute Gasteiger partial charge is 0.243 e. The molecule has 37 heavy (non-hydrogen) atoms. The highest BCUT2D eigenvalue weighted by Crippen LogP contribution is 2.31. The quantitative estimate of drug-likeness (QED) is 0.280. The van der Waals surface area contributed by atoms with Gasteiger partial charge in [0.2, 0.25) is 15.9 Å². The number of benzene rings is 4. The zero-order chi connectivity index (χ0) is 26.0. The van der Waals surface area contributed by atoms with Crippen molar-refractivity contribution in [2.75, 3.05) is 11.9 Å². The van der Waals surface area contributed by atoms with Gasteiger partial charge in [-0.3, -0.25) is 4.79 Å². The molecule has 0 unspecified atom stereocenters. The first-order valence-corrected chi connectivity index (χ1v) is 13.7. The van der Waals surface area contributed by atoms with E-state index in [2.05, 4.69) is 28.9 Å². The van der Waals surface area contributed by atoms with Gasteiger partial charge in [-0.2, -0.15) is 4.31 Å². The van der Waals surface area contributed by atoms with Gasteiger partial charge in [-0.15, -0.1) is 0 Å². The molecule has 1 heterocycles. The van der Waals surface area contributed by atoms with Crippen LogP contribution in [0.25, 0.3) is 21.8 Å². The largest absolute Gasteiger partial charge is 0.341 e. The summed E-state index contributed by atoms with van der Waals surface area (Å²) in [5.41, 5.74) is 4.63. The number of aryl methyl sites for hydroxylation is 2. The third kappa shape index (κ3) is 5.01. The van der Waals surface area contributed by atoms with E-state index in [1.54, 1.807) is 24.3 Å². The van der Waals surface area contributed by atoms with Crippen LogP contribution in [0.4, 0.5) is 5.69 Å². The molecule has 4 aromatic carbocycles. The van der Waals surface area contributed by atoms with E-state index >= 15 is 0 Å². The maximum atomic E-state index is 13.5. The molecule has 7 heteroatoms. The molecule has 0 aliphatic carbocycles. The van der Waals surface area contributed by atoms with Crippen LogP contribution in [-0.2, 0) is 27.9 Å². The highest BCUT2D eigenvalue weighted by atomic mass is 32.2. The number of para-hydroxylation sites is 1. The molecule has 0 spiro atoms.